The summed E-state index contributed by atoms with van der Waals surface area (Å²) in [4.78, 5) is 4.01. The maximum Gasteiger partial charge on any atom is 0.105 e. The summed E-state index contributed by atoms with van der Waals surface area (Å²) in [5.74, 6) is 1.15. The SMILES string of the molecule is Cc1occc1C(N)C(C)c1ccncc1. The Labute approximate surface area is 95.3 Å². The highest BCUT2D eigenvalue weighted by Crippen LogP contribution is 2.30. The van der Waals surface area contributed by atoms with Gasteiger partial charge in [-0.2, -0.15) is 0 Å². The van der Waals surface area contributed by atoms with Crippen LogP contribution in [0.4, 0.5) is 0 Å². The molecule has 0 aliphatic rings. The lowest BCUT2D eigenvalue weighted by molar-refractivity contribution is 0.514. The average molecular weight is 216 g/mol. The Morgan fingerprint density at radius 1 is 1.25 bits per heavy atom. The Balaban J connectivity index is 2.23. The summed E-state index contributed by atoms with van der Waals surface area (Å²) >= 11 is 0. The highest BCUT2D eigenvalue weighted by atomic mass is 16.3. The van der Waals surface area contributed by atoms with E-state index in [0.29, 0.717) is 0 Å². The second-order valence-corrected chi connectivity index (χ2v) is 4.03. The van der Waals surface area contributed by atoms with Gasteiger partial charge in [-0.05, 0) is 30.7 Å². The molecule has 0 saturated carbocycles. The van der Waals surface area contributed by atoms with Gasteiger partial charge in [-0.15, -0.1) is 0 Å². The van der Waals surface area contributed by atoms with Crippen LogP contribution in [0.2, 0.25) is 0 Å². The minimum Gasteiger partial charge on any atom is -0.469 e. The number of hydrogen-bond donors (Lipinski definition) is 1. The Kier molecular flexibility index (Phi) is 3.06. The molecule has 0 saturated heterocycles. The standard InChI is InChI=1S/C13H16N2O/c1-9(11-3-6-15-7-4-11)13(14)12-5-8-16-10(12)2/h3-9,13H,14H2,1-2H3. The molecule has 2 unspecified atom stereocenters. The van der Waals surface area contributed by atoms with Gasteiger partial charge in [-0.1, -0.05) is 6.92 Å². The van der Waals surface area contributed by atoms with Crippen molar-refractivity contribution >= 4 is 0 Å². The summed E-state index contributed by atoms with van der Waals surface area (Å²) < 4.78 is 5.28. The summed E-state index contributed by atoms with van der Waals surface area (Å²) in [5, 5.41) is 0. The van der Waals surface area contributed by atoms with Crippen molar-refractivity contribution in [3.8, 4) is 0 Å². The number of nitrogens with zero attached hydrogens (tertiary/aromatic N) is 1. The third-order valence-corrected chi connectivity index (χ3v) is 3.03. The van der Waals surface area contributed by atoms with Gasteiger partial charge in [-0.3, -0.25) is 4.98 Å². The number of nitrogens with two attached hydrogens (primary N) is 1. The van der Waals surface area contributed by atoms with Crippen molar-refractivity contribution in [2.75, 3.05) is 0 Å². The van der Waals surface area contributed by atoms with Crippen LogP contribution in [0.15, 0.2) is 41.3 Å². The summed E-state index contributed by atoms with van der Waals surface area (Å²) in [7, 11) is 0. The van der Waals surface area contributed by atoms with Crippen molar-refractivity contribution in [2.45, 2.75) is 25.8 Å². The quantitative estimate of drug-likeness (QED) is 0.858. The topological polar surface area (TPSA) is 52.0 Å². The lowest BCUT2D eigenvalue weighted by Crippen LogP contribution is -2.17. The van der Waals surface area contributed by atoms with E-state index in [1.165, 1.54) is 5.56 Å². The van der Waals surface area contributed by atoms with Crippen LogP contribution in [-0.2, 0) is 0 Å². The highest BCUT2D eigenvalue weighted by Gasteiger charge is 2.19. The summed E-state index contributed by atoms with van der Waals surface area (Å²) in [6, 6.07) is 5.90. The van der Waals surface area contributed by atoms with Crippen molar-refractivity contribution in [2.24, 2.45) is 5.73 Å². The maximum absolute atomic E-state index is 6.24. The molecular weight excluding hydrogens is 200 g/mol. The van der Waals surface area contributed by atoms with E-state index in [4.69, 9.17) is 10.2 Å². The van der Waals surface area contributed by atoms with Crippen molar-refractivity contribution in [3.63, 3.8) is 0 Å². The Morgan fingerprint density at radius 3 is 2.50 bits per heavy atom. The van der Waals surface area contributed by atoms with Gasteiger partial charge < -0.3 is 10.2 Å². The van der Waals surface area contributed by atoms with Crippen molar-refractivity contribution in [3.05, 3.63) is 53.7 Å². The molecule has 16 heavy (non-hydrogen) atoms. The summed E-state index contributed by atoms with van der Waals surface area (Å²) in [6.45, 7) is 4.06. The van der Waals surface area contributed by atoms with Crippen LogP contribution in [0.3, 0.4) is 0 Å². The van der Waals surface area contributed by atoms with E-state index in [2.05, 4.69) is 11.9 Å². The molecule has 0 bridgehead atoms. The van der Waals surface area contributed by atoms with Crippen LogP contribution in [0, 0.1) is 6.92 Å². The van der Waals surface area contributed by atoms with Gasteiger partial charge in [0.15, 0.2) is 0 Å². The molecule has 0 fully saturated rings. The molecule has 0 amide bonds. The Hall–Kier alpha value is -1.61. The predicted molar refractivity (Wildman–Crippen MR) is 63.0 cm³/mol. The molecule has 0 spiro atoms. The van der Waals surface area contributed by atoms with Gasteiger partial charge in [0.25, 0.3) is 0 Å². The highest BCUT2D eigenvalue weighted by molar-refractivity contribution is 5.26. The average Bonchev–Trinajstić information content (AvgIpc) is 2.75. The van der Waals surface area contributed by atoms with Gasteiger partial charge in [0, 0.05) is 29.9 Å². The Morgan fingerprint density at radius 2 is 1.94 bits per heavy atom. The van der Waals surface area contributed by atoms with Crippen molar-refractivity contribution in [1.29, 1.82) is 0 Å². The molecule has 0 aliphatic heterocycles. The van der Waals surface area contributed by atoms with E-state index in [9.17, 15) is 0 Å². The molecule has 3 heteroatoms. The van der Waals surface area contributed by atoms with Gasteiger partial charge in [0.1, 0.15) is 5.76 Å². The number of hydrogen-bond acceptors (Lipinski definition) is 3. The minimum atomic E-state index is -0.0406. The van der Waals surface area contributed by atoms with Crippen LogP contribution >= 0.6 is 0 Å². The molecule has 84 valence electrons. The van der Waals surface area contributed by atoms with E-state index in [-0.39, 0.29) is 12.0 Å². The zero-order valence-corrected chi connectivity index (χ0v) is 9.55. The zero-order valence-electron chi connectivity index (χ0n) is 9.55. The van der Waals surface area contributed by atoms with E-state index in [1.54, 1.807) is 18.7 Å². The molecule has 2 atom stereocenters. The molecular formula is C13H16N2O. The molecule has 2 aromatic rings. The first-order valence-electron chi connectivity index (χ1n) is 5.39. The number of pyridine rings is 1. The number of aromatic nitrogens is 1. The first-order valence-corrected chi connectivity index (χ1v) is 5.39. The molecule has 3 nitrogen and oxygen atoms in total. The van der Waals surface area contributed by atoms with E-state index < -0.39 is 0 Å². The molecule has 0 radical (unpaired) electrons. The van der Waals surface area contributed by atoms with Crippen LogP contribution in [0.5, 0.6) is 0 Å². The van der Waals surface area contributed by atoms with Crippen LogP contribution in [0.25, 0.3) is 0 Å². The first kappa shape index (κ1) is 10.9. The number of aryl methyl sites for hydroxylation is 1. The molecule has 2 heterocycles. The van der Waals surface area contributed by atoms with Crippen molar-refractivity contribution < 1.29 is 4.42 Å². The third kappa shape index (κ3) is 1.99. The Bertz CT molecular complexity index is 450. The normalized spacial score (nSPS) is 14.7. The lowest BCUT2D eigenvalue weighted by atomic mass is 9.90. The fourth-order valence-corrected chi connectivity index (χ4v) is 1.88. The number of rotatable bonds is 3. The summed E-state index contributed by atoms with van der Waals surface area (Å²) in [5.41, 5.74) is 8.51. The van der Waals surface area contributed by atoms with Gasteiger partial charge in [0.05, 0.1) is 6.26 Å². The molecule has 2 aromatic heterocycles. The number of furan rings is 1. The lowest BCUT2D eigenvalue weighted by Gasteiger charge is -2.19. The largest absolute Gasteiger partial charge is 0.469 e. The summed E-state index contributed by atoms with van der Waals surface area (Å²) in [6.07, 6.45) is 5.27. The molecule has 0 aromatic carbocycles. The second-order valence-electron chi connectivity index (χ2n) is 4.03. The minimum absolute atomic E-state index is 0.0406. The van der Waals surface area contributed by atoms with Gasteiger partial charge in [-0.25, -0.2) is 0 Å². The predicted octanol–water partition coefficient (Wildman–Crippen LogP) is 2.79. The monoisotopic (exact) mass is 216 g/mol. The van der Waals surface area contributed by atoms with E-state index >= 15 is 0 Å². The fourth-order valence-electron chi connectivity index (χ4n) is 1.88. The zero-order chi connectivity index (χ0) is 11.5. The van der Waals surface area contributed by atoms with Crippen LogP contribution in [0.1, 0.15) is 35.8 Å². The van der Waals surface area contributed by atoms with Crippen LogP contribution < -0.4 is 5.73 Å². The first-order chi connectivity index (χ1) is 7.70. The second kappa shape index (κ2) is 4.49. The fraction of sp³-hybridized carbons (Fsp3) is 0.308. The van der Waals surface area contributed by atoms with E-state index in [1.807, 2.05) is 25.1 Å². The molecule has 0 aliphatic carbocycles. The van der Waals surface area contributed by atoms with Gasteiger partial charge >= 0.3 is 0 Å². The van der Waals surface area contributed by atoms with Crippen LogP contribution in [-0.4, -0.2) is 4.98 Å². The van der Waals surface area contributed by atoms with Crippen molar-refractivity contribution in [1.82, 2.24) is 4.98 Å². The maximum atomic E-state index is 6.24. The smallest absolute Gasteiger partial charge is 0.105 e. The van der Waals surface area contributed by atoms with E-state index in [0.717, 1.165) is 11.3 Å². The third-order valence-electron chi connectivity index (χ3n) is 3.03. The van der Waals surface area contributed by atoms with Gasteiger partial charge in [0.2, 0.25) is 0 Å². The molecule has 2 N–H and O–H groups in total. The molecule has 2 rings (SSSR count).